The molecule has 0 saturated heterocycles. The number of esters is 6. The topological polar surface area (TPSA) is 216 Å². The molecule has 4 rings (SSSR count). The average molecular weight is 793 g/mol. The van der Waals surface area contributed by atoms with Crippen LogP contribution in [0.2, 0.25) is 0 Å². The lowest BCUT2D eigenvalue weighted by molar-refractivity contribution is -0.198. The SMILES string of the molecule is CCOC(=O)c1c(NC(=O)C(OC(C)=O)C(OC(C)=O)C(OC(C)=O)C(OC(C)=O)C(=O)Nc2sc3c(c2C(=O)OCC)CCCC3)sc2c1CCCC2. The molecule has 2 amide bonds. The van der Waals surface area contributed by atoms with Gasteiger partial charge in [0.1, 0.15) is 10.0 Å². The van der Waals surface area contributed by atoms with Gasteiger partial charge in [0.25, 0.3) is 11.8 Å². The Labute approximate surface area is 319 Å². The van der Waals surface area contributed by atoms with Gasteiger partial charge in [0.05, 0.1) is 24.3 Å². The molecule has 2 aromatic rings. The van der Waals surface area contributed by atoms with Crippen molar-refractivity contribution in [2.75, 3.05) is 23.8 Å². The molecule has 2 aliphatic rings. The molecule has 0 radical (unpaired) electrons. The number of amides is 2. The minimum absolute atomic E-state index is 0.0560. The number of carbonyl (C=O) groups excluding carboxylic acids is 8. The van der Waals surface area contributed by atoms with Crippen molar-refractivity contribution in [2.45, 2.75) is 117 Å². The van der Waals surface area contributed by atoms with Crippen molar-refractivity contribution in [1.82, 2.24) is 0 Å². The van der Waals surface area contributed by atoms with E-state index >= 15 is 0 Å². The van der Waals surface area contributed by atoms with Gasteiger partial charge >= 0.3 is 35.8 Å². The van der Waals surface area contributed by atoms with E-state index in [1.54, 1.807) is 13.8 Å². The number of rotatable bonds is 15. The Morgan fingerprint density at radius 3 is 1.19 bits per heavy atom. The van der Waals surface area contributed by atoms with E-state index in [2.05, 4.69) is 10.6 Å². The van der Waals surface area contributed by atoms with Crippen LogP contribution in [0.15, 0.2) is 0 Å². The Kier molecular flexibility index (Phi) is 14.7. The highest BCUT2D eigenvalue weighted by molar-refractivity contribution is 7.17. The molecule has 2 aliphatic carbocycles. The fourth-order valence-electron chi connectivity index (χ4n) is 6.40. The van der Waals surface area contributed by atoms with Crippen LogP contribution in [0.5, 0.6) is 0 Å². The standard InChI is InChI=1S/C36H44N2O14S2/c1-7-47-35(45)25-21-13-9-11-15-23(21)53-33(25)37-31(43)29(51-19(5)41)27(49-17(3)39)28(50-18(4)40)30(52-20(6)42)32(44)38-34-26(36(46)48-8-2)22-14-10-12-16-24(22)54-34/h27-30H,7-16H2,1-6H3,(H,37,43)(H,38,44). The van der Waals surface area contributed by atoms with Crippen molar-refractivity contribution in [1.29, 1.82) is 0 Å². The van der Waals surface area contributed by atoms with Crippen molar-refractivity contribution >= 4 is 80.3 Å². The minimum atomic E-state index is -2.14. The number of thiophene rings is 2. The first-order chi connectivity index (χ1) is 25.7. The lowest BCUT2D eigenvalue weighted by Crippen LogP contribution is -2.57. The van der Waals surface area contributed by atoms with Gasteiger partial charge in [-0.15, -0.1) is 22.7 Å². The highest BCUT2D eigenvalue weighted by Crippen LogP contribution is 2.40. The second-order valence-electron chi connectivity index (χ2n) is 12.5. The number of ether oxygens (including phenoxy) is 6. The van der Waals surface area contributed by atoms with Gasteiger partial charge in [-0.05, 0) is 76.3 Å². The molecule has 2 heterocycles. The summed E-state index contributed by atoms with van der Waals surface area (Å²) in [4.78, 5) is 107. The summed E-state index contributed by atoms with van der Waals surface area (Å²) in [6, 6.07) is 0. The number of hydrogen-bond donors (Lipinski definition) is 2. The zero-order valence-electron chi connectivity index (χ0n) is 30.9. The fourth-order valence-corrected chi connectivity index (χ4v) is 8.96. The van der Waals surface area contributed by atoms with Gasteiger partial charge in [-0.3, -0.25) is 28.8 Å². The van der Waals surface area contributed by atoms with Crippen molar-refractivity contribution in [3.8, 4) is 0 Å². The van der Waals surface area contributed by atoms with Crippen LogP contribution >= 0.6 is 22.7 Å². The number of fused-ring (bicyclic) bond motifs is 2. The first-order valence-corrected chi connectivity index (χ1v) is 19.2. The van der Waals surface area contributed by atoms with Gasteiger partial charge < -0.3 is 39.1 Å². The normalized spacial score (nSPS) is 15.4. The van der Waals surface area contributed by atoms with E-state index < -0.39 is 72.0 Å². The zero-order valence-corrected chi connectivity index (χ0v) is 32.5. The molecule has 4 atom stereocenters. The lowest BCUT2D eigenvalue weighted by Gasteiger charge is -2.34. The largest absolute Gasteiger partial charge is 0.462 e. The third-order valence-electron chi connectivity index (χ3n) is 8.40. The first-order valence-electron chi connectivity index (χ1n) is 17.6. The molecule has 2 aromatic heterocycles. The number of aryl methyl sites for hydroxylation is 2. The predicted molar refractivity (Wildman–Crippen MR) is 193 cm³/mol. The van der Waals surface area contributed by atoms with E-state index in [0.29, 0.717) is 36.8 Å². The van der Waals surface area contributed by atoms with Crippen molar-refractivity contribution < 1.29 is 66.8 Å². The molecule has 0 saturated carbocycles. The third kappa shape index (κ3) is 10.2. The number of carbonyl (C=O) groups is 8. The zero-order chi connectivity index (χ0) is 39.7. The summed E-state index contributed by atoms with van der Waals surface area (Å²) < 4.78 is 32.3. The van der Waals surface area contributed by atoms with E-state index in [0.717, 1.165) is 85.8 Å². The summed E-state index contributed by atoms with van der Waals surface area (Å²) >= 11 is 2.26. The van der Waals surface area contributed by atoms with Crippen LogP contribution < -0.4 is 10.6 Å². The van der Waals surface area contributed by atoms with Crippen LogP contribution in [0.4, 0.5) is 10.0 Å². The summed E-state index contributed by atoms with van der Waals surface area (Å²) in [5, 5.41) is 5.35. The molecule has 4 unspecified atom stereocenters. The van der Waals surface area contributed by atoms with Crippen LogP contribution in [0.3, 0.4) is 0 Å². The molecule has 54 heavy (non-hydrogen) atoms. The van der Waals surface area contributed by atoms with Crippen molar-refractivity contribution in [3.05, 3.63) is 32.0 Å². The number of hydrogen-bond acceptors (Lipinski definition) is 16. The number of nitrogens with one attached hydrogen (secondary N) is 2. The summed E-state index contributed by atoms with van der Waals surface area (Å²) in [6.45, 7) is 7.21. The molecule has 0 spiro atoms. The monoisotopic (exact) mass is 792 g/mol. The van der Waals surface area contributed by atoms with Crippen LogP contribution in [-0.4, -0.2) is 85.3 Å². The minimum Gasteiger partial charge on any atom is -0.462 e. The highest BCUT2D eigenvalue weighted by atomic mass is 32.1. The second-order valence-corrected chi connectivity index (χ2v) is 14.7. The van der Waals surface area contributed by atoms with E-state index in [1.807, 2.05) is 0 Å². The van der Waals surface area contributed by atoms with Crippen molar-refractivity contribution in [2.24, 2.45) is 0 Å². The van der Waals surface area contributed by atoms with Gasteiger partial charge in [-0.25, -0.2) is 9.59 Å². The van der Waals surface area contributed by atoms with Gasteiger partial charge in [-0.1, -0.05) is 0 Å². The highest BCUT2D eigenvalue weighted by Gasteiger charge is 2.50. The van der Waals surface area contributed by atoms with Crippen molar-refractivity contribution in [3.63, 3.8) is 0 Å². The third-order valence-corrected chi connectivity index (χ3v) is 10.8. The molecular formula is C36H44N2O14S2. The molecule has 18 heteroatoms. The molecular weight excluding hydrogens is 749 g/mol. The molecule has 0 fully saturated rings. The van der Waals surface area contributed by atoms with E-state index in [4.69, 9.17) is 28.4 Å². The Morgan fingerprint density at radius 2 is 0.870 bits per heavy atom. The van der Waals surface area contributed by atoms with E-state index in [-0.39, 0.29) is 34.3 Å². The van der Waals surface area contributed by atoms with E-state index in [9.17, 15) is 38.4 Å². The summed E-state index contributed by atoms with van der Waals surface area (Å²) in [5.74, 6) is -7.82. The number of anilines is 2. The Morgan fingerprint density at radius 1 is 0.537 bits per heavy atom. The second kappa shape index (κ2) is 19.0. The fraction of sp³-hybridized carbons (Fsp3) is 0.556. The molecule has 0 bridgehead atoms. The lowest BCUT2D eigenvalue weighted by atomic mass is 9.95. The molecule has 2 N–H and O–H groups in total. The van der Waals surface area contributed by atoms with Gasteiger partial charge in [-0.2, -0.15) is 0 Å². The average Bonchev–Trinajstić information content (AvgIpc) is 3.65. The summed E-state index contributed by atoms with van der Waals surface area (Å²) in [7, 11) is 0. The summed E-state index contributed by atoms with van der Waals surface area (Å²) in [5.41, 5.74) is 1.67. The Hall–Kier alpha value is -4.84. The molecule has 16 nitrogen and oxygen atoms in total. The maximum absolute atomic E-state index is 14.2. The van der Waals surface area contributed by atoms with Crippen LogP contribution in [0.25, 0.3) is 0 Å². The predicted octanol–water partition coefficient (Wildman–Crippen LogP) is 4.22. The van der Waals surface area contributed by atoms with Gasteiger partial charge in [0.2, 0.25) is 12.2 Å². The van der Waals surface area contributed by atoms with Crippen LogP contribution in [-0.2, 0) is 82.9 Å². The Bertz CT molecular complexity index is 1670. The van der Waals surface area contributed by atoms with Gasteiger partial charge in [0.15, 0.2) is 12.2 Å². The summed E-state index contributed by atoms with van der Waals surface area (Å²) in [6.07, 6.45) is -2.79. The quantitative estimate of drug-likeness (QED) is 0.191. The Balaban J connectivity index is 1.80. The smallest absolute Gasteiger partial charge is 0.341 e. The van der Waals surface area contributed by atoms with E-state index in [1.165, 1.54) is 0 Å². The maximum atomic E-state index is 14.2. The molecule has 294 valence electrons. The van der Waals surface area contributed by atoms with Gasteiger partial charge in [0, 0.05) is 37.4 Å². The molecule has 0 aliphatic heterocycles. The first kappa shape index (κ1) is 41.9. The molecule has 0 aromatic carbocycles. The van der Waals surface area contributed by atoms with Crippen LogP contribution in [0.1, 0.15) is 109 Å². The maximum Gasteiger partial charge on any atom is 0.341 e. The van der Waals surface area contributed by atoms with Crippen LogP contribution in [0, 0.1) is 0 Å².